The number of nitrogens with one attached hydrogen (secondary N) is 1. The topological polar surface area (TPSA) is 67.1 Å². The lowest BCUT2D eigenvalue weighted by atomic mass is 9.93. The fourth-order valence-electron chi connectivity index (χ4n) is 3.60. The first-order chi connectivity index (χ1) is 12.4. The van der Waals surface area contributed by atoms with Crippen molar-refractivity contribution in [3.05, 3.63) is 40.5 Å². The Kier molecular flexibility index (Phi) is 3.75. The van der Waals surface area contributed by atoms with Gasteiger partial charge in [-0.2, -0.15) is 0 Å². The molecule has 26 heavy (non-hydrogen) atoms. The van der Waals surface area contributed by atoms with Crippen molar-refractivity contribution in [2.24, 2.45) is 4.99 Å². The van der Waals surface area contributed by atoms with E-state index in [0.717, 1.165) is 39.2 Å². The van der Waals surface area contributed by atoms with Gasteiger partial charge in [0.05, 0.1) is 23.3 Å². The second-order valence-corrected chi connectivity index (χ2v) is 6.60. The summed E-state index contributed by atoms with van der Waals surface area (Å²) in [5, 5.41) is 4.00. The number of halogens is 2. The molecule has 0 aliphatic carbocycles. The first-order valence-corrected chi connectivity index (χ1v) is 8.33. The Balaban J connectivity index is 2.05. The summed E-state index contributed by atoms with van der Waals surface area (Å²) < 4.78 is 31.7. The average molecular weight is 356 g/mol. The van der Waals surface area contributed by atoms with Crippen molar-refractivity contribution in [2.75, 3.05) is 6.54 Å². The maximum atomic E-state index is 13.2. The predicted molar refractivity (Wildman–Crippen MR) is 96.6 cm³/mol. The zero-order valence-corrected chi connectivity index (χ0v) is 14.9. The van der Waals surface area contributed by atoms with Crippen LogP contribution in [0.3, 0.4) is 0 Å². The van der Waals surface area contributed by atoms with Crippen LogP contribution in [0.5, 0.6) is 0 Å². The van der Waals surface area contributed by atoms with Crippen molar-refractivity contribution >= 4 is 22.3 Å². The van der Waals surface area contributed by atoms with Crippen molar-refractivity contribution in [2.45, 2.75) is 34.1 Å². The van der Waals surface area contributed by atoms with E-state index in [1.54, 1.807) is 6.07 Å². The summed E-state index contributed by atoms with van der Waals surface area (Å²) in [6.07, 6.45) is -2.66. The molecule has 0 saturated heterocycles. The van der Waals surface area contributed by atoms with Gasteiger partial charge in [0.1, 0.15) is 5.76 Å². The molecule has 4 rings (SSSR count). The van der Waals surface area contributed by atoms with Gasteiger partial charge < -0.3 is 9.51 Å². The van der Waals surface area contributed by atoms with Crippen LogP contribution in [-0.2, 0) is 0 Å². The largest absolute Gasteiger partial charge is 0.361 e. The average Bonchev–Trinajstić information content (AvgIpc) is 3.25. The lowest BCUT2D eigenvalue weighted by molar-refractivity contribution is 0.142. The van der Waals surface area contributed by atoms with Crippen LogP contribution in [0.25, 0.3) is 27.7 Å². The molecule has 0 fully saturated rings. The number of aryl methyl sites for hydroxylation is 2. The molecular formula is C19H18F2N4O. The lowest BCUT2D eigenvalue weighted by Crippen LogP contribution is -1.97. The van der Waals surface area contributed by atoms with Crippen molar-refractivity contribution in [3.8, 4) is 11.1 Å². The highest BCUT2D eigenvalue weighted by molar-refractivity contribution is 6.27. The third kappa shape index (κ3) is 2.46. The van der Waals surface area contributed by atoms with Gasteiger partial charge in [0, 0.05) is 22.4 Å². The van der Waals surface area contributed by atoms with Gasteiger partial charge in [0.15, 0.2) is 5.82 Å². The lowest BCUT2D eigenvalue weighted by Gasteiger charge is -2.10. The highest BCUT2D eigenvalue weighted by Gasteiger charge is 2.23. The Morgan fingerprint density at radius 1 is 1.15 bits per heavy atom. The highest BCUT2D eigenvalue weighted by atomic mass is 19.3. The fraction of sp³-hybridized carbons (Fsp3) is 0.316. The number of nitrogens with zero attached hydrogens (tertiary/aromatic N) is 3. The zero-order valence-electron chi connectivity index (χ0n) is 14.9. The van der Waals surface area contributed by atoms with Gasteiger partial charge in [-0.3, -0.25) is 4.99 Å². The van der Waals surface area contributed by atoms with E-state index in [2.05, 4.69) is 20.1 Å². The summed E-state index contributed by atoms with van der Waals surface area (Å²) in [6, 6.07) is 3.77. The van der Waals surface area contributed by atoms with Gasteiger partial charge in [0.2, 0.25) is 0 Å². The van der Waals surface area contributed by atoms with Crippen molar-refractivity contribution in [1.82, 2.24) is 15.1 Å². The monoisotopic (exact) mass is 356 g/mol. The summed E-state index contributed by atoms with van der Waals surface area (Å²) in [7, 11) is 0. The number of rotatable bonds is 3. The Labute approximate surface area is 148 Å². The smallest absolute Gasteiger partial charge is 0.295 e. The van der Waals surface area contributed by atoms with Crippen LogP contribution >= 0.6 is 0 Å². The van der Waals surface area contributed by atoms with Crippen LogP contribution in [0.1, 0.15) is 43.1 Å². The molecule has 0 unspecified atom stereocenters. The fourth-order valence-corrected chi connectivity index (χ4v) is 3.60. The molecule has 2 aromatic heterocycles. The van der Waals surface area contributed by atoms with Gasteiger partial charge >= 0.3 is 0 Å². The molecule has 0 atom stereocenters. The number of aromatic nitrogens is 3. The number of allylic oxidation sites excluding steroid dienone is 1. The summed E-state index contributed by atoms with van der Waals surface area (Å²) in [5.74, 6) is 0.350. The molecule has 134 valence electrons. The van der Waals surface area contributed by atoms with E-state index in [1.807, 2.05) is 33.8 Å². The van der Waals surface area contributed by atoms with Gasteiger partial charge in [-0.05, 0) is 51.0 Å². The third-order valence-corrected chi connectivity index (χ3v) is 4.75. The van der Waals surface area contributed by atoms with Crippen LogP contribution in [-0.4, -0.2) is 27.4 Å². The molecule has 3 heterocycles. The number of fused-ring (bicyclic) bond motifs is 1. The van der Waals surface area contributed by atoms with E-state index in [0.29, 0.717) is 23.3 Å². The van der Waals surface area contributed by atoms with E-state index < -0.39 is 6.43 Å². The van der Waals surface area contributed by atoms with Gasteiger partial charge in [-0.25, -0.2) is 13.8 Å². The normalized spacial score (nSPS) is 14.8. The van der Waals surface area contributed by atoms with Crippen LogP contribution < -0.4 is 0 Å². The first-order valence-electron chi connectivity index (χ1n) is 8.33. The maximum absolute atomic E-state index is 13.2. The molecule has 0 amide bonds. The quantitative estimate of drug-likeness (QED) is 0.716. The molecule has 5 nitrogen and oxygen atoms in total. The number of imidazole rings is 1. The molecule has 1 aliphatic rings. The van der Waals surface area contributed by atoms with E-state index >= 15 is 0 Å². The Morgan fingerprint density at radius 2 is 1.92 bits per heavy atom. The Morgan fingerprint density at radius 3 is 2.50 bits per heavy atom. The number of H-pyrrole nitrogens is 1. The minimum absolute atomic E-state index is 0.331. The molecule has 0 radical (unpaired) electrons. The highest BCUT2D eigenvalue weighted by Crippen LogP contribution is 2.37. The molecule has 0 spiro atoms. The minimum atomic E-state index is -2.66. The van der Waals surface area contributed by atoms with Crippen molar-refractivity contribution in [1.29, 1.82) is 0 Å². The SMILES string of the molecule is CC1=NCC(C)=C1c1cc(-c2c(C)noc2C)cc2nc(C(F)F)[nH]c12. The van der Waals surface area contributed by atoms with E-state index in [-0.39, 0.29) is 5.82 Å². The van der Waals surface area contributed by atoms with Gasteiger partial charge in [-0.15, -0.1) is 0 Å². The second-order valence-electron chi connectivity index (χ2n) is 6.60. The number of hydrogen-bond donors (Lipinski definition) is 1. The predicted octanol–water partition coefficient (Wildman–Crippen LogP) is 5.02. The van der Waals surface area contributed by atoms with Crippen molar-refractivity contribution in [3.63, 3.8) is 0 Å². The van der Waals surface area contributed by atoms with Gasteiger partial charge in [0.25, 0.3) is 6.43 Å². The summed E-state index contributed by atoms with van der Waals surface area (Å²) in [5.41, 5.74) is 7.35. The second kappa shape index (κ2) is 5.86. The molecule has 3 aromatic rings. The molecular weight excluding hydrogens is 338 g/mol. The van der Waals surface area contributed by atoms with Crippen LogP contribution in [0.15, 0.2) is 27.2 Å². The van der Waals surface area contributed by atoms with Crippen LogP contribution in [0.4, 0.5) is 8.78 Å². The molecule has 1 aromatic carbocycles. The number of aromatic amines is 1. The summed E-state index contributed by atoms with van der Waals surface area (Å²) in [4.78, 5) is 11.4. The van der Waals surface area contributed by atoms with Crippen molar-refractivity contribution < 1.29 is 13.3 Å². The molecule has 7 heteroatoms. The molecule has 1 N–H and O–H groups in total. The minimum Gasteiger partial charge on any atom is -0.361 e. The Bertz CT molecular complexity index is 1070. The van der Waals surface area contributed by atoms with E-state index in [4.69, 9.17) is 4.52 Å². The van der Waals surface area contributed by atoms with E-state index in [1.165, 1.54) is 0 Å². The number of alkyl halides is 2. The van der Waals surface area contributed by atoms with E-state index in [9.17, 15) is 8.78 Å². The maximum Gasteiger partial charge on any atom is 0.295 e. The van der Waals surface area contributed by atoms with Crippen LogP contribution in [0.2, 0.25) is 0 Å². The summed E-state index contributed by atoms with van der Waals surface area (Å²) >= 11 is 0. The third-order valence-electron chi connectivity index (χ3n) is 4.75. The van der Waals surface area contributed by atoms with Gasteiger partial charge in [-0.1, -0.05) is 5.16 Å². The standard InChI is InChI=1S/C19H18F2N4O/c1-8-7-22-9(2)15(8)13-5-12(16-10(3)25-26-11(16)4)6-14-17(13)24-19(23-14)18(20)21/h5-6,18H,7H2,1-4H3,(H,23,24). The summed E-state index contributed by atoms with van der Waals surface area (Å²) in [6.45, 7) is 8.26. The first kappa shape index (κ1) is 16.6. The molecule has 0 bridgehead atoms. The Hall–Kier alpha value is -2.83. The zero-order chi connectivity index (χ0) is 18.6. The number of benzene rings is 1. The van der Waals surface area contributed by atoms with Crippen LogP contribution in [0, 0.1) is 13.8 Å². The number of hydrogen-bond acceptors (Lipinski definition) is 4. The molecule has 1 aliphatic heterocycles. The number of aliphatic imine (C=N–C) groups is 1. The molecule has 0 saturated carbocycles.